The first-order valence-electron chi connectivity index (χ1n) is 11.7. The number of nitrogens with one attached hydrogen (secondary N) is 1. The Hall–Kier alpha value is -3.32. The molecule has 37 heavy (non-hydrogen) atoms. The predicted octanol–water partition coefficient (Wildman–Crippen LogP) is 3.59. The summed E-state index contributed by atoms with van der Waals surface area (Å²) < 4.78 is 86.2. The maximum Gasteiger partial charge on any atom is 0.442 e. The Bertz CT molecular complexity index is 1340. The van der Waals surface area contributed by atoms with Gasteiger partial charge in [0.15, 0.2) is 11.5 Å². The maximum absolute atomic E-state index is 14.4. The summed E-state index contributed by atoms with van der Waals surface area (Å²) in [6.45, 7) is 1.02. The van der Waals surface area contributed by atoms with Crippen LogP contribution >= 0.6 is 0 Å². The maximum atomic E-state index is 14.4. The van der Waals surface area contributed by atoms with Crippen molar-refractivity contribution in [2.45, 2.75) is 42.4 Å². The van der Waals surface area contributed by atoms with Crippen molar-refractivity contribution in [3.8, 4) is 11.5 Å². The van der Waals surface area contributed by atoms with Gasteiger partial charge in [-0.15, -0.1) is 0 Å². The summed E-state index contributed by atoms with van der Waals surface area (Å²) in [5.41, 5.74) is -4.84. The third-order valence-electron chi connectivity index (χ3n) is 6.57. The van der Waals surface area contributed by atoms with Gasteiger partial charge in [-0.1, -0.05) is 12.8 Å². The molecular weight excluding hydrogens is 517 g/mol. The summed E-state index contributed by atoms with van der Waals surface area (Å²) in [6.07, 6.45) is -2.01. The van der Waals surface area contributed by atoms with Gasteiger partial charge in [0.1, 0.15) is 13.2 Å². The molecule has 3 aliphatic rings. The molecule has 0 aromatic heterocycles. The molecule has 1 saturated heterocycles. The van der Waals surface area contributed by atoms with Crippen LogP contribution < -0.4 is 14.8 Å². The zero-order chi connectivity index (χ0) is 26.4. The van der Waals surface area contributed by atoms with Gasteiger partial charge < -0.3 is 19.5 Å². The first kappa shape index (κ1) is 25.3. The van der Waals surface area contributed by atoms with Crippen molar-refractivity contribution in [1.29, 1.82) is 0 Å². The Morgan fingerprint density at radius 3 is 2.16 bits per heavy atom. The number of anilines is 1. The van der Waals surface area contributed by atoms with Gasteiger partial charge in [0.2, 0.25) is 10.0 Å². The van der Waals surface area contributed by atoms with Gasteiger partial charge >= 0.3 is 17.7 Å². The fourth-order valence-corrected chi connectivity index (χ4v) is 6.17. The molecule has 198 valence electrons. The van der Waals surface area contributed by atoms with Gasteiger partial charge in [0.05, 0.1) is 16.1 Å². The van der Waals surface area contributed by atoms with E-state index in [1.54, 1.807) is 0 Å². The van der Waals surface area contributed by atoms with Crippen molar-refractivity contribution in [2.24, 2.45) is 0 Å². The fraction of sp³-hybridized carbons (Fsp3) is 0.417. The average Bonchev–Trinajstić information content (AvgIpc) is 3.02. The standard InChI is InChI=1S/C24H23F3N2O7S/c25-24(26,27)23(17-13-19-20(35-12-11-34-19)14-18(17)28-22(23)31)36-21(30)15-5-7-16(8-6-15)37(32,33)29-9-3-1-2-4-10-29/h5-8,13-14H,1-4,9-12H2,(H,28,31)/t23-/m0/s1. The SMILES string of the molecule is O=C(O[C@]1(C(F)(F)F)C(=O)Nc2cc3c(cc21)OCCO3)c1ccc(S(=O)(=O)N2CCCCCC2)cc1. The van der Waals surface area contributed by atoms with Crippen LogP contribution in [-0.4, -0.2) is 57.1 Å². The minimum Gasteiger partial charge on any atom is -0.486 e. The third-order valence-corrected chi connectivity index (χ3v) is 8.48. The highest BCUT2D eigenvalue weighted by Crippen LogP contribution is 2.53. The van der Waals surface area contributed by atoms with Crippen molar-refractivity contribution in [1.82, 2.24) is 4.31 Å². The van der Waals surface area contributed by atoms with E-state index in [9.17, 15) is 31.2 Å². The molecule has 0 bridgehead atoms. The van der Waals surface area contributed by atoms with Crippen molar-refractivity contribution >= 4 is 27.6 Å². The van der Waals surface area contributed by atoms with Crippen LogP contribution in [0.1, 0.15) is 41.6 Å². The molecule has 2 aromatic rings. The van der Waals surface area contributed by atoms with E-state index < -0.39 is 39.2 Å². The predicted molar refractivity (Wildman–Crippen MR) is 123 cm³/mol. The zero-order valence-electron chi connectivity index (χ0n) is 19.5. The van der Waals surface area contributed by atoms with E-state index in [4.69, 9.17) is 14.2 Å². The second kappa shape index (κ2) is 9.21. The monoisotopic (exact) mass is 540 g/mol. The smallest absolute Gasteiger partial charge is 0.442 e. The molecule has 0 saturated carbocycles. The lowest BCUT2D eigenvalue weighted by molar-refractivity contribution is -0.251. The first-order chi connectivity index (χ1) is 17.5. The molecule has 0 unspecified atom stereocenters. The van der Waals surface area contributed by atoms with E-state index in [-0.39, 0.29) is 40.9 Å². The number of amides is 1. The minimum atomic E-state index is -5.32. The van der Waals surface area contributed by atoms with Gasteiger partial charge in [-0.05, 0) is 43.2 Å². The fourth-order valence-electron chi connectivity index (χ4n) is 4.65. The van der Waals surface area contributed by atoms with Crippen molar-refractivity contribution in [3.63, 3.8) is 0 Å². The largest absolute Gasteiger partial charge is 0.486 e. The van der Waals surface area contributed by atoms with E-state index in [1.165, 1.54) is 10.4 Å². The van der Waals surface area contributed by atoms with Gasteiger partial charge in [-0.25, -0.2) is 13.2 Å². The van der Waals surface area contributed by atoms with Crippen LogP contribution in [0.15, 0.2) is 41.3 Å². The highest BCUT2D eigenvalue weighted by atomic mass is 32.2. The molecule has 1 amide bonds. The Balaban J connectivity index is 1.45. The molecule has 9 nitrogen and oxygen atoms in total. The number of carbonyl (C=O) groups is 2. The van der Waals surface area contributed by atoms with Crippen LogP contribution in [0, 0.1) is 0 Å². The van der Waals surface area contributed by atoms with Crippen LogP contribution in [0.2, 0.25) is 0 Å². The number of benzene rings is 2. The highest BCUT2D eigenvalue weighted by Gasteiger charge is 2.69. The van der Waals surface area contributed by atoms with E-state index in [0.717, 1.165) is 56.0 Å². The van der Waals surface area contributed by atoms with E-state index in [2.05, 4.69) is 5.32 Å². The summed E-state index contributed by atoms with van der Waals surface area (Å²) in [5.74, 6) is -2.91. The Morgan fingerprint density at radius 2 is 1.57 bits per heavy atom. The number of hydrogen-bond acceptors (Lipinski definition) is 7. The van der Waals surface area contributed by atoms with Crippen LogP contribution in [-0.2, 0) is 25.2 Å². The summed E-state index contributed by atoms with van der Waals surface area (Å²) in [7, 11) is -3.83. The summed E-state index contributed by atoms with van der Waals surface area (Å²) in [5, 5.41) is 2.12. The molecule has 0 radical (unpaired) electrons. The number of ether oxygens (including phenoxy) is 3. The van der Waals surface area contributed by atoms with Gasteiger partial charge in [-0.3, -0.25) is 4.79 Å². The lowest BCUT2D eigenvalue weighted by Crippen LogP contribution is -2.51. The lowest BCUT2D eigenvalue weighted by atomic mass is 9.93. The van der Waals surface area contributed by atoms with Crippen molar-refractivity contribution < 1.29 is 45.4 Å². The molecule has 2 aromatic carbocycles. The van der Waals surface area contributed by atoms with Crippen LogP contribution in [0.4, 0.5) is 18.9 Å². The molecular formula is C24H23F3N2O7S. The van der Waals surface area contributed by atoms with Crippen molar-refractivity contribution in [2.75, 3.05) is 31.6 Å². The number of halogens is 3. The van der Waals surface area contributed by atoms with Crippen LogP contribution in [0.3, 0.4) is 0 Å². The number of fused-ring (bicyclic) bond motifs is 2. The summed E-state index contributed by atoms with van der Waals surface area (Å²) >= 11 is 0. The number of rotatable bonds is 4. The Kier molecular flexibility index (Phi) is 6.31. The van der Waals surface area contributed by atoms with E-state index in [1.807, 2.05) is 0 Å². The lowest BCUT2D eigenvalue weighted by Gasteiger charge is -2.30. The molecule has 3 aliphatic heterocycles. The molecule has 0 spiro atoms. The molecule has 13 heteroatoms. The molecule has 1 fully saturated rings. The quantitative estimate of drug-likeness (QED) is 0.590. The second-order valence-electron chi connectivity index (χ2n) is 8.91. The zero-order valence-corrected chi connectivity index (χ0v) is 20.3. The number of alkyl halides is 3. The topological polar surface area (TPSA) is 111 Å². The number of carbonyl (C=O) groups excluding carboxylic acids is 2. The van der Waals surface area contributed by atoms with Gasteiger partial charge in [-0.2, -0.15) is 17.5 Å². The van der Waals surface area contributed by atoms with Gasteiger partial charge in [0, 0.05) is 24.7 Å². The second-order valence-corrected chi connectivity index (χ2v) is 10.8. The molecule has 1 atom stereocenters. The highest BCUT2D eigenvalue weighted by molar-refractivity contribution is 7.89. The average molecular weight is 541 g/mol. The van der Waals surface area contributed by atoms with Crippen LogP contribution in [0.5, 0.6) is 11.5 Å². The molecule has 1 N–H and O–H groups in total. The Morgan fingerprint density at radius 1 is 0.973 bits per heavy atom. The van der Waals surface area contributed by atoms with Crippen molar-refractivity contribution in [3.05, 3.63) is 47.5 Å². The summed E-state index contributed by atoms with van der Waals surface area (Å²) in [4.78, 5) is 25.5. The summed E-state index contributed by atoms with van der Waals surface area (Å²) in [6, 6.07) is 6.57. The third kappa shape index (κ3) is 4.29. The normalized spacial score (nSPS) is 22.1. The molecule has 5 rings (SSSR count). The molecule has 3 heterocycles. The Labute approximate surface area is 210 Å². The minimum absolute atomic E-state index is 0.0192. The first-order valence-corrected chi connectivity index (χ1v) is 13.1. The number of hydrogen-bond donors (Lipinski definition) is 1. The number of esters is 1. The van der Waals surface area contributed by atoms with E-state index >= 15 is 0 Å². The number of sulfonamides is 1. The number of nitrogens with zero attached hydrogens (tertiary/aromatic N) is 1. The molecule has 0 aliphatic carbocycles. The van der Waals surface area contributed by atoms with Crippen LogP contribution in [0.25, 0.3) is 0 Å². The van der Waals surface area contributed by atoms with Gasteiger partial charge in [0.25, 0.3) is 5.91 Å². The van der Waals surface area contributed by atoms with E-state index in [0.29, 0.717) is 13.1 Å².